The van der Waals surface area contributed by atoms with Crippen LogP contribution in [-0.2, 0) is 6.54 Å². The maximum Gasteiger partial charge on any atom is 0.0530 e. The molecule has 1 heterocycles. The monoisotopic (exact) mass is 309 g/mol. The molecule has 0 saturated heterocycles. The van der Waals surface area contributed by atoms with E-state index >= 15 is 0 Å². The van der Waals surface area contributed by atoms with Crippen LogP contribution in [0, 0.1) is 13.8 Å². The highest BCUT2D eigenvalue weighted by atomic mass is 79.9. The molecule has 0 atom stereocenters. The van der Waals surface area contributed by atoms with E-state index in [1.165, 1.54) is 26.2 Å². The molecule has 0 aliphatic heterocycles. The lowest BCUT2D eigenvalue weighted by Gasteiger charge is -2.20. The molecule has 2 aromatic rings. The molecule has 1 aromatic carbocycles. The van der Waals surface area contributed by atoms with Gasteiger partial charge in [0.15, 0.2) is 0 Å². The molecule has 3 heteroatoms. The van der Waals surface area contributed by atoms with Gasteiger partial charge >= 0.3 is 0 Å². The lowest BCUT2D eigenvalue weighted by molar-refractivity contribution is 0.934. The first-order valence-electron chi connectivity index (χ1n) is 5.57. The van der Waals surface area contributed by atoms with Crippen LogP contribution in [0.1, 0.15) is 16.0 Å². The van der Waals surface area contributed by atoms with Gasteiger partial charge in [-0.3, -0.25) is 0 Å². The minimum absolute atomic E-state index is 0.946. The molecule has 0 amide bonds. The van der Waals surface area contributed by atoms with E-state index < -0.39 is 0 Å². The third-order valence-corrected chi connectivity index (χ3v) is 4.63. The Hall–Kier alpha value is -0.800. The number of benzene rings is 1. The van der Waals surface area contributed by atoms with E-state index in [2.05, 4.69) is 71.4 Å². The summed E-state index contributed by atoms with van der Waals surface area (Å²) in [6.07, 6.45) is 0. The van der Waals surface area contributed by atoms with Gasteiger partial charge in [0, 0.05) is 22.1 Å². The van der Waals surface area contributed by atoms with Gasteiger partial charge in [-0.05, 0) is 64.5 Å². The smallest absolute Gasteiger partial charge is 0.0530 e. The number of hydrogen-bond donors (Lipinski definition) is 0. The standard InChI is InChI=1S/C14H16BrNS/c1-10-6-11(2)8-12(7-10)16(3)9-14-13(15)4-5-17-14/h4-8H,9H2,1-3H3. The molecular weight excluding hydrogens is 294 g/mol. The third kappa shape index (κ3) is 3.11. The number of hydrogen-bond acceptors (Lipinski definition) is 2. The molecule has 1 nitrogen and oxygen atoms in total. The van der Waals surface area contributed by atoms with Crippen LogP contribution in [-0.4, -0.2) is 7.05 Å². The van der Waals surface area contributed by atoms with Crippen molar-refractivity contribution in [2.45, 2.75) is 20.4 Å². The Kier molecular flexibility index (Phi) is 3.89. The predicted molar refractivity (Wildman–Crippen MR) is 80.0 cm³/mol. The number of halogens is 1. The van der Waals surface area contributed by atoms with Gasteiger partial charge in [-0.25, -0.2) is 0 Å². The van der Waals surface area contributed by atoms with E-state index in [1.807, 2.05) is 0 Å². The summed E-state index contributed by atoms with van der Waals surface area (Å²) >= 11 is 5.37. The molecule has 0 unspecified atom stereocenters. The number of aryl methyl sites for hydroxylation is 2. The van der Waals surface area contributed by atoms with Crippen LogP contribution in [0.15, 0.2) is 34.1 Å². The van der Waals surface area contributed by atoms with Crippen molar-refractivity contribution >= 4 is 33.0 Å². The van der Waals surface area contributed by atoms with Crippen molar-refractivity contribution in [2.24, 2.45) is 0 Å². The average Bonchev–Trinajstić information content (AvgIpc) is 2.63. The van der Waals surface area contributed by atoms with Gasteiger partial charge < -0.3 is 4.90 Å². The minimum atomic E-state index is 0.946. The quantitative estimate of drug-likeness (QED) is 0.790. The van der Waals surface area contributed by atoms with Crippen molar-refractivity contribution in [1.29, 1.82) is 0 Å². The van der Waals surface area contributed by atoms with Crippen LogP contribution in [0.5, 0.6) is 0 Å². The molecule has 0 aliphatic rings. The fourth-order valence-corrected chi connectivity index (χ4v) is 3.45. The molecule has 1 aromatic heterocycles. The molecule has 0 bridgehead atoms. The zero-order valence-corrected chi connectivity index (χ0v) is 12.7. The molecule has 0 N–H and O–H groups in total. The molecule has 0 aliphatic carbocycles. The topological polar surface area (TPSA) is 3.24 Å². The SMILES string of the molecule is Cc1cc(C)cc(N(C)Cc2sccc2Br)c1. The van der Waals surface area contributed by atoms with Gasteiger partial charge in [0.25, 0.3) is 0 Å². The summed E-state index contributed by atoms with van der Waals surface area (Å²) in [5.41, 5.74) is 3.91. The fourth-order valence-electron chi connectivity index (χ4n) is 1.92. The Bertz CT molecular complexity index is 498. The van der Waals surface area contributed by atoms with Crippen molar-refractivity contribution in [1.82, 2.24) is 0 Å². The van der Waals surface area contributed by atoms with E-state index in [0.717, 1.165) is 6.54 Å². The molecule has 0 saturated carbocycles. The van der Waals surface area contributed by atoms with Gasteiger partial charge in [0.05, 0.1) is 6.54 Å². The maximum atomic E-state index is 3.58. The fraction of sp³-hybridized carbons (Fsp3) is 0.286. The molecular formula is C14H16BrNS. The van der Waals surface area contributed by atoms with Gasteiger partial charge in [-0.1, -0.05) is 6.07 Å². The summed E-state index contributed by atoms with van der Waals surface area (Å²) in [6.45, 7) is 5.23. The summed E-state index contributed by atoms with van der Waals surface area (Å²) in [7, 11) is 2.14. The minimum Gasteiger partial charge on any atom is -0.369 e. The normalized spacial score (nSPS) is 10.6. The summed E-state index contributed by atoms with van der Waals surface area (Å²) in [5, 5.41) is 2.12. The van der Waals surface area contributed by atoms with Crippen molar-refractivity contribution in [3.63, 3.8) is 0 Å². The first-order valence-corrected chi connectivity index (χ1v) is 7.25. The number of anilines is 1. The van der Waals surface area contributed by atoms with Crippen LogP contribution in [0.3, 0.4) is 0 Å². The molecule has 2 rings (SSSR count). The van der Waals surface area contributed by atoms with Gasteiger partial charge in [0.1, 0.15) is 0 Å². The number of nitrogens with zero attached hydrogens (tertiary/aromatic N) is 1. The van der Waals surface area contributed by atoms with Crippen molar-refractivity contribution in [3.8, 4) is 0 Å². The van der Waals surface area contributed by atoms with Crippen molar-refractivity contribution in [2.75, 3.05) is 11.9 Å². The Balaban J connectivity index is 2.20. The zero-order valence-electron chi connectivity index (χ0n) is 10.3. The second-order valence-corrected chi connectivity index (χ2v) is 6.25. The summed E-state index contributed by atoms with van der Waals surface area (Å²) in [6, 6.07) is 8.77. The zero-order chi connectivity index (χ0) is 12.4. The average molecular weight is 310 g/mol. The largest absolute Gasteiger partial charge is 0.369 e. The first-order chi connectivity index (χ1) is 8.06. The Morgan fingerprint density at radius 1 is 1.18 bits per heavy atom. The lowest BCUT2D eigenvalue weighted by atomic mass is 10.1. The molecule has 0 fully saturated rings. The van der Waals surface area contributed by atoms with Gasteiger partial charge in [0.2, 0.25) is 0 Å². The summed E-state index contributed by atoms with van der Waals surface area (Å²) in [4.78, 5) is 3.66. The molecule has 0 radical (unpaired) electrons. The van der Waals surface area contributed by atoms with E-state index in [-0.39, 0.29) is 0 Å². The Labute approximate surface area is 115 Å². The van der Waals surface area contributed by atoms with E-state index in [9.17, 15) is 0 Å². The first kappa shape index (κ1) is 12.7. The second-order valence-electron chi connectivity index (χ2n) is 4.39. The Morgan fingerprint density at radius 3 is 2.35 bits per heavy atom. The highest BCUT2D eigenvalue weighted by Crippen LogP contribution is 2.26. The van der Waals surface area contributed by atoms with Crippen LogP contribution in [0.2, 0.25) is 0 Å². The van der Waals surface area contributed by atoms with Crippen LogP contribution in [0.25, 0.3) is 0 Å². The molecule has 90 valence electrons. The van der Waals surface area contributed by atoms with Crippen LogP contribution in [0.4, 0.5) is 5.69 Å². The summed E-state index contributed by atoms with van der Waals surface area (Å²) in [5.74, 6) is 0. The second kappa shape index (κ2) is 5.23. The van der Waals surface area contributed by atoms with E-state index in [4.69, 9.17) is 0 Å². The highest BCUT2D eigenvalue weighted by Gasteiger charge is 2.07. The number of thiophene rings is 1. The van der Waals surface area contributed by atoms with E-state index in [1.54, 1.807) is 11.3 Å². The van der Waals surface area contributed by atoms with Crippen LogP contribution < -0.4 is 4.90 Å². The Morgan fingerprint density at radius 2 is 1.82 bits per heavy atom. The van der Waals surface area contributed by atoms with Gasteiger partial charge in [-0.15, -0.1) is 11.3 Å². The highest BCUT2D eigenvalue weighted by molar-refractivity contribution is 9.10. The molecule has 0 spiro atoms. The van der Waals surface area contributed by atoms with E-state index in [0.29, 0.717) is 0 Å². The predicted octanol–water partition coefficient (Wildman–Crippen LogP) is 4.76. The summed E-state index contributed by atoms with van der Waals surface area (Å²) < 4.78 is 1.21. The van der Waals surface area contributed by atoms with Crippen molar-refractivity contribution < 1.29 is 0 Å². The lowest BCUT2D eigenvalue weighted by Crippen LogP contribution is -2.16. The van der Waals surface area contributed by atoms with Crippen LogP contribution >= 0.6 is 27.3 Å². The number of rotatable bonds is 3. The van der Waals surface area contributed by atoms with Gasteiger partial charge in [-0.2, -0.15) is 0 Å². The van der Waals surface area contributed by atoms with Crippen molar-refractivity contribution in [3.05, 3.63) is 50.1 Å². The maximum absolute atomic E-state index is 3.58. The molecule has 17 heavy (non-hydrogen) atoms. The third-order valence-electron chi connectivity index (χ3n) is 2.72.